The minimum Gasteiger partial charge on any atom is -0.311 e. The Bertz CT molecular complexity index is 174. The van der Waals surface area contributed by atoms with E-state index in [2.05, 4.69) is 17.5 Å². The van der Waals surface area contributed by atoms with Gasteiger partial charge in [0.2, 0.25) is 0 Å². The molecule has 0 spiro atoms. The number of allylic oxidation sites excluding steroid dienone is 1. The first kappa shape index (κ1) is 10.2. The molecule has 0 aromatic rings. The van der Waals surface area contributed by atoms with Crippen LogP contribution in [0.2, 0.25) is 0 Å². The summed E-state index contributed by atoms with van der Waals surface area (Å²) >= 11 is 0. The Morgan fingerprint density at radius 3 is 2.29 bits per heavy atom. The molecule has 0 atom stereocenters. The summed E-state index contributed by atoms with van der Waals surface area (Å²) in [6.45, 7) is 1.10. The molecular formula is C13H23N. The summed E-state index contributed by atoms with van der Waals surface area (Å²) in [5.74, 6) is 0.888. The molecule has 0 unspecified atom stereocenters. The first-order valence-corrected chi connectivity index (χ1v) is 6.35. The zero-order valence-electron chi connectivity index (χ0n) is 9.17. The highest BCUT2D eigenvalue weighted by atomic mass is 14.9. The Labute approximate surface area is 88.0 Å². The lowest BCUT2D eigenvalue weighted by molar-refractivity contribution is 0.557. The predicted octanol–water partition coefficient (Wildman–Crippen LogP) is 3.27. The van der Waals surface area contributed by atoms with Crippen molar-refractivity contribution in [3.8, 4) is 0 Å². The number of hydrogen-bond donors (Lipinski definition) is 1. The lowest BCUT2D eigenvalue weighted by atomic mass is 10.00. The van der Waals surface area contributed by atoms with Crippen molar-refractivity contribution in [2.45, 2.75) is 57.4 Å². The Balaban J connectivity index is 1.60. The lowest BCUT2D eigenvalue weighted by Gasteiger charge is -2.07. The second kappa shape index (κ2) is 5.55. The van der Waals surface area contributed by atoms with Crippen molar-refractivity contribution in [1.82, 2.24) is 5.32 Å². The van der Waals surface area contributed by atoms with Crippen LogP contribution in [0, 0.1) is 5.92 Å². The smallest absolute Gasteiger partial charge is 0.0137 e. The van der Waals surface area contributed by atoms with Gasteiger partial charge in [-0.2, -0.15) is 0 Å². The van der Waals surface area contributed by atoms with Crippen molar-refractivity contribution in [2.75, 3.05) is 6.54 Å². The molecular weight excluding hydrogens is 170 g/mol. The fourth-order valence-corrected chi connectivity index (χ4v) is 2.29. The van der Waals surface area contributed by atoms with Gasteiger partial charge in [0.25, 0.3) is 0 Å². The molecule has 2 aliphatic carbocycles. The van der Waals surface area contributed by atoms with E-state index in [1.54, 1.807) is 0 Å². The minimum absolute atomic E-state index is 0.855. The van der Waals surface area contributed by atoms with Crippen molar-refractivity contribution >= 4 is 0 Å². The van der Waals surface area contributed by atoms with Gasteiger partial charge in [-0.15, -0.1) is 0 Å². The Hall–Kier alpha value is -0.300. The van der Waals surface area contributed by atoms with Crippen molar-refractivity contribution in [2.24, 2.45) is 5.92 Å². The molecule has 2 aliphatic rings. The molecule has 0 aromatic carbocycles. The third-order valence-electron chi connectivity index (χ3n) is 3.41. The Morgan fingerprint density at radius 2 is 1.64 bits per heavy atom. The van der Waals surface area contributed by atoms with Crippen LogP contribution >= 0.6 is 0 Å². The Kier molecular flexibility index (Phi) is 4.05. The van der Waals surface area contributed by atoms with E-state index in [9.17, 15) is 0 Å². The zero-order valence-corrected chi connectivity index (χ0v) is 9.17. The van der Waals surface area contributed by atoms with Gasteiger partial charge in [0.15, 0.2) is 0 Å². The second-order valence-electron chi connectivity index (χ2n) is 4.86. The Morgan fingerprint density at radius 1 is 0.929 bits per heavy atom. The fourth-order valence-electron chi connectivity index (χ4n) is 2.29. The standard InChI is InChI=1S/C13H23N/c1-2-4-7-12(6-3-1)8-5-11-14-13-9-10-13/h5,8,12-14H,1-4,6-7,9-11H2. The summed E-state index contributed by atoms with van der Waals surface area (Å²) in [7, 11) is 0. The number of rotatable bonds is 4. The summed E-state index contributed by atoms with van der Waals surface area (Å²) in [5, 5.41) is 3.52. The van der Waals surface area contributed by atoms with Gasteiger partial charge in [-0.05, 0) is 31.6 Å². The summed E-state index contributed by atoms with van der Waals surface area (Å²) in [6.07, 6.45) is 16.3. The zero-order chi connectivity index (χ0) is 9.64. The highest BCUT2D eigenvalue weighted by molar-refractivity contribution is 4.93. The molecule has 1 heteroatoms. The maximum Gasteiger partial charge on any atom is 0.0137 e. The summed E-state index contributed by atoms with van der Waals surface area (Å²) in [4.78, 5) is 0. The first-order chi connectivity index (χ1) is 6.95. The van der Waals surface area contributed by atoms with Crippen molar-refractivity contribution in [1.29, 1.82) is 0 Å². The predicted molar refractivity (Wildman–Crippen MR) is 61.4 cm³/mol. The maximum atomic E-state index is 3.52. The van der Waals surface area contributed by atoms with Crippen LogP contribution in [-0.2, 0) is 0 Å². The number of hydrogen-bond acceptors (Lipinski definition) is 1. The van der Waals surface area contributed by atoms with Gasteiger partial charge in [0, 0.05) is 12.6 Å². The molecule has 0 bridgehead atoms. The monoisotopic (exact) mass is 193 g/mol. The van der Waals surface area contributed by atoms with E-state index in [1.165, 1.54) is 51.4 Å². The van der Waals surface area contributed by atoms with Crippen LogP contribution in [0.25, 0.3) is 0 Å². The van der Waals surface area contributed by atoms with Gasteiger partial charge in [-0.1, -0.05) is 37.8 Å². The summed E-state index contributed by atoms with van der Waals surface area (Å²) in [5.41, 5.74) is 0. The molecule has 0 amide bonds. The first-order valence-electron chi connectivity index (χ1n) is 6.35. The van der Waals surface area contributed by atoms with E-state index in [0.717, 1.165) is 18.5 Å². The van der Waals surface area contributed by atoms with Gasteiger partial charge >= 0.3 is 0 Å². The highest BCUT2D eigenvalue weighted by Crippen LogP contribution is 2.23. The topological polar surface area (TPSA) is 12.0 Å². The van der Waals surface area contributed by atoms with Crippen molar-refractivity contribution in [3.05, 3.63) is 12.2 Å². The van der Waals surface area contributed by atoms with Crippen LogP contribution in [0.15, 0.2) is 12.2 Å². The van der Waals surface area contributed by atoms with Crippen LogP contribution in [0.4, 0.5) is 0 Å². The minimum atomic E-state index is 0.855. The van der Waals surface area contributed by atoms with Gasteiger partial charge < -0.3 is 5.32 Å². The normalized spacial score (nSPS) is 25.4. The number of nitrogens with one attached hydrogen (secondary N) is 1. The molecule has 14 heavy (non-hydrogen) atoms. The molecule has 2 fully saturated rings. The lowest BCUT2D eigenvalue weighted by Crippen LogP contribution is -2.15. The van der Waals surface area contributed by atoms with Crippen LogP contribution in [0.1, 0.15) is 51.4 Å². The molecule has 0 aromatic heterocycles. The molecule has 1 nitrogen and oxygen atoms in total. The molecule has 2 saturated carbocycles. The van der Waals surface area contributed by atoms with Gasteiger partial charge in [-0.25, -0.2) is 0 Å². The molecule has 2 rings (SSSR count). The molecule has 0 radical (unpaired) electrons. The molecule has 0 heterocycles. The van der Waals surface area contributed by atoms with Crippen molar-refractivity contribution in [3.63, 3.8) is 0 Å². The van der Waals surface area contributed by atoms with E-state index in [0.29, 0.717) is 0 Å². The van der Waals surface area contributed by atoms with E-state index in [4.69, 9.17) is 0 Å². The third kappa shape index (κ3) is 3.83. The van der Waals surface area contributed by atoms with E-state index in [-0.39, 0.29) is 0 Å². The van der Waals surface area contributed by atoms with Gasteiger partial charge in [-0.3, -0.25) is 0 Å². The van der Waals surface area contributed by atoms with Gasteiger partial charge in [0.05, 0.1) is 0 Å². The third-order valence-corrected chi connectivity index (χ3v) is 3.41. The van der Waals surface area contributed by atoms with Gasteiger partial charge in [0.1, 0.15) is 0 Å². The average molecular weight is 193 g/mol. The molecule has 1 N–H and O–H groups in total. The molecule has 0 saturated heterocycles. The highest BCUT2D eigenvalue weighted by Gasteiger charge is 2.19. The van der Waals surface area contributed by atoms with Crippen LogP contribution in [0.3, 0.4) is 0 Å². The van der Waals surface area contributed by atoms with Crippen LogP contribution in [0.5, 0.6) is 0 Å². The molecule has 0 aliphatic heterocycles. The molecule has 80 valence electrons. The van der Waals surface area contributed by atoms with Crippen molar-refractivity contribution < 1.29 is 0 Å². The van der Waals surface area contributed by atoms with E-state index < -0.39 is 0 Å². The van der Waals surface area contributed by atoms with Crippen LogP contribution in [-0.4, -0.2) is 12.6 Å². The summed E-state index contributed by atoms with van der Waals surface area (Å²) in [6, 6.07) is 0.855. The quantitative estimate of drug-likeness (QED) is 0.534. The SMILES string of the molecule is C(=CC1CCCCCC1)CNC1CC1. The fraction of sp³-hybridized carbons (Fsp3) is 0.846. The second-order valence-corrected chi connectivity index (χ2v) is 4.86. The largest absolute Gasteiger partial charge is 0.311 e. The van der Waals surface area contributed by atoms with E-state index >= 15 is 0 Å². The summed E-state index contributed by atoms with van der Waals surface area (Å²) < 4.78 is 0. The average Bonchev–Trinajstić information content (AvgIpc) is 3.01. The maximum absolute atomic E-state index is 3.52. The van der Waals surface area contributed by atoms with E-state index in [1.807, 2.05) is 0 Å². The van der Waals surface area contributed by atoms with Crippen LogP contribution < -0.4 is 5.32 Å².